The van der Waals surface area contributed by atoms with Crippen LogP contribution in [0.5, 0.6) is 0 Å². The molecule has 65 heavy (non-hydrogen) atoms. The van der Waals surface area contributed by atoms with E-state index in [1.807, 2.05) is 6.08 Å². The Hall–Kier alpha value is -2.11. The molecular formula is C56H101NO8. The lowest BCUT2D eigenvalue weighted by molar-refractivity contribution is -0.302. The third-order valence-electron chi connectivity index (χ3n) is 12.6. The van der Waals surface area contributed by atoms with Crippen molar-refractivity contribution in [2.75, 3.05) is 13.2 Å². The topological polar surface area (TPSA) is 149 Å². The Bertz CT molecular complexity index is 1200. The van der Waals surface area contributed by atoms with E-state index in [9.17, 15) is 30.3 Å². The monoisotopic (exact) mass is 916 g/mol. The molecule has 6 N–H and O–H groups in total. The van der Waals surface area contributed by atoms with E-state index in [1.165, 1.54) is 135 Å². The summed E-state index contributed by atoms with van der Waals surface area (Å²) in [5.74, 6) is -0.200. The maximum Gasteiger partial charge on any atom is 0.220 e. The first-order chi connectivity index (χ1) is 31.8. The van der Waals surface area contributed by atoms with Gasteiger partial charge in [0.05, 0.1) is 25.4 Å². The summed E-state index contributed by atoms with van der Waals surface area (Å²) >= 11 is 0. The van der Waals surface area contributed by atoms with E-state index in [-0.39, 0.29) is 12.5 Å². The van der Waals surface area contributed by atoms with Gasteiger partial charge in [0.2, 0.25) is 5.91 Å². The van der Waals surface area contributed by atoms with Gasteiger partial charge in [0.1, 0.15) is 24.4 Å². The third-order valence-corrected chi connectivity index (χ3v) is 12.6. The summed E-state index contributed by atoms with van der Waals surface area (Å²) in [6.45, 7) is 3.66. The number of carbonyl (C=O) groups is 1. The first-order valence-corrected chi connectivity index (χ1v) is 27.0. The first kappa shape index (κ1) is 60.9. The lowest BCUT2D eigenvalue weighted by atomic mass is 9.99. The number of unbranched alkanes of at least 4 members (excludes halogenated alkanes) is 27. The number of rotatable bonds is 45. The van der Waals surface area contributed by atoms with Crippen molar-refractivity contribution in [1.29, 1.82) is 0 Å². The van der Waals surface area contributed by atoms with Crippen LogP contribution in [0.25, 0.3) is 0 Å². The second-order valence-electron chi connectivity index (χ2n) is 18.6. The largest absolute Gasteiger partial charge is 0.394 e. The van der Waals surface area contributed by atoms with E-state index in [4.69, 9.17) is 9.47 Å². The quantitative estimate of drug-likeness (QED) is 0.0261. The van der Waals surface area contributed by atoms with Gasteiger partial charge < -0.3 is 40.3 Å². The Balaban J connectivity index is 2.27. The third kappa shape index (κ3) is 35.7. The fraction of sp³-hybridized carbons (Fsp3) is 0.804. The summed E-state index contributed by atoms with van der Waals surface area (Å²) < 4.78 is 11.2. The van der Waals surface area contributed by atoms with Gasteiger partial charge in [-0.05, 0) is 57.8 Å². The Morgan fingerprint density at radius 1 is 0.538 bits per heavy atom. The van der Waals surface area contributed by atoms with Gasteiger partial charge in [-0.2, -0.15) is 0 Å². The Morgan fingerprint density at radius 2 is 0.954 bits per heavy atom. The van der Waals surface area contributed by atoms with E-state index in [1.54, 1.807) is 6.08 Å². The van der Waals surface area contributed by atoms with Crippen LogP contribution in [0.1, 0.15) is 232 Å². The number of ether oxygens (including phenoxy) is 2. The molecule has 1 amide bonds. The fourth-order valence-electron chi connectivity index (χ4n) is 8.32. The van der Waals surface area contributed by atoms with Crippen LogP contribution in [0.3, 0.4) is 0 Å². The summed E-state index contributed by atoms with van der Waals surface area (Å²) in [6, 6.07) is -0.821. The van der Waals surface area contributed by atoms with Crippen molar-refractivity contribution in [1.82, 2.24) is 5.32 Å². The molecule has 0 aromatic rings. The minimum atomic E-state index is -1.57. The number of carbonyl (C=O) groups excluding carboxylic acids is 1. The predicted molar refractivity (Wildman–Crippen MR) is 272 cm³/mol. The number of amides is 1. The zero-order valence-corrected chi connectivity index (χ0v) is 41.7. The molecule has 9 nitrogen and oxygen atoms in total. The minimum absolute atomic E-state index is 0.200. The standard InChI is InChI=1S/C56H101NO8/c1-3-5-7-9-11-13-15-17-19-21-22-23-24-25-26-27-28-30-31-33-35-37-39-41-43-45-50(59)49(48-64-56-55(63)54(62)53(61)51(47-58)65-56)57-52(60)46-44-42-40-38-36-34-32-29-20-18-16-14-12-10-8-6-4-2/h6,8,12,14,18,20,32,34,43,45,49-51,53-56,58-59,61-63H,3-5,7,9-11,13,15-17,19,21-31,33,35-42,44,46-48H2,1-2H3,(H,57,60)/b8-6-,14-12-,20-18-,34-32-,45-43+. The maximum absolute atomic E-state index is 13.0. The van der Waals surface area contributed by atoms with E-state index < -0.39 is 49.5 Å². The molecule has 1 fully saturated rings. The highest BCUT2D eigenvalue weighted by Crippen LogP contribution is 2.23. The maximum atomic E-state index is 13.0. The second-order valence-corrected chi connectivity index (χ2v) is 18.6. The molecule has 0 spiro atoms. The van der Waals surface area contributed by atoms with E-state index >= 15 is 0 Å². The van der Waals surface area contributed by atoms with Crippen molar-refractivity contribution in [3.63, 3.8) is 0 Å². The lowest BCUT2D eigenvalue weighted by Gasteiger charge is -2.40. The van der Waals surface area contributed by atoms with Crippen LogP contribution in [0, 0.1) is 0 Å². The number of hydrogen-bond donors (Lipinski definition) is 6. The summed E-state index contributed by atoms with van der Waals surface area (Å²) in [4.78, 5) is 13.0. The fourth-order valence-corrected chi connectivity index (χ4v) is 8.32. The highest BCUT2D eigenvalue weighted by molar-refractivity contribution is 5.76. The Morgan fingerprint density at radius 3 is 1.42 bits per heavy atom. The molecule has 1 heterocycles. The summed E-state index contributed by atoms with van der Waals surface area (Å²) in [5.41, 5.74) is 0. The number of aliphatic hydroxyl groups is 5. The molecule has 0 aromatic carbocycles. The first-order valence-electron chi connectivity index (χ1n) is 27.0. The predicted octanol–water partition coefficient (Wildman–Crippen LogP) is 12.7. The Kier molecular flexibility index (Phi) is 42.8. The summed E-state index contributed by atoms with van der Waals surface area (Å²) in [6.07, 6.45) is 54.2. The van der Waals surface area contributed by atoms with Gasteiger partial charge in [-0.15, -0.1) is 0 Å². The van der Waals surface area contributed by atoms with Crippen LogP contribution < -0.4 is 5.32 Å². The molecule has 0 saturated carbocycles. The van der Waals surface area contributed by atoms with Crippen LogP contribution in [0.15, 0.2) is 60.8 Å². The molecule has 1 saturated heterocycles. The van der Waals surface area contributed by atoms with Gasteiger partial charge >= 0.3 is 0 Å². The Labute approximate surface area is 398 Å². The molecule has 0 radical (unpaired) electrons. The molecule has 7 unspecified atom stereocenters. The van der Waals surface area contributed by atoms with Gasteiger partial charge in [0.15, 0.2) is 6.29 Å². The van der Waals surface area contributed by atoms with Crippen LogP contribution >= 0.6 is 0 Å². The molecule has 1 aliphatic rings. The molecule has 1 rings (SSSR count). The van der Waals surface area contributed by atoms with Crippen molar-refractivity contribution < 1.29 is 39.8 Å². The molecule has 1 aliphatic heterocycles. The number of nitrogens with one attached hydrogen (secondary N) is 1. The SMILES string of the molecule is CC/C=C\C/C=C\C/C=C\C/C=C\CCCCCCC(=O)NC(COC1OC(CO)C(O)C(O)C1O)C(O)/C=C/CCCCCCCCCCCCCCCCCCCCCCCCC. The highest BCUT2D eigenvalue weighted by Gasteiger charge is 2.44. The van der Waals surface area contributed by atoms with Crippen molar-refractivity contribution in [3.8, 4) is 0 Å². The van der Waals surface area contributed by atoms with Crippen LogP contribution in [0.4, 0.5) is 0 Å². The number of hydrogen-bond acceptors (Lipinski definition) is 8. The van der Waals surface area contributed by atoms with Crippen molar-refractivity contribution >= 4 is 5.91 Å². The average Bonchev–Trinajstić information content (AvgIpc) is 3.31. The lowest BCUT2D eigenvalue weighted by Crippen LogP contribution is -2.60. The van der Waals surface area contributed by atoms with Crippen LogP contribution in [-0.2, 0) is 14.3 Å². The minimum Gasteiger partial charge on any atom is -0.394 e. The number of allylic oxidation sites excluding steroid dienone is 9. The van der Waals surface area contributed by atoms with Crippen molar-refractivity contribution in [2.24, 2.45) is 0 Å². The smallest absolute Gasteiger partial charge is 0.220 e. The van der Waals surface area contributed by atoms with Gasteiger partial charge in [-0.3, -0.25) is 4.79 Å². The van der Waals surface area contributed by atoms with Gasteiger partial charge in [-0.25, -0.2) is 0 Å². The molecule has 7 atom stereocenters. The summed E-state index contributed by atoms with van der Waals surface area (Å²) in [7, 11) is 0. The van der Waals surface area contributed by atoms with Crippen molar-refractivity contribution in [3.05, 3.63) is 60.8 Å². The van der Waals surface area contributed by atoms with Gasteiger partial charge in [0.25, 0.3) is 0 Å². The molecule has 0 aromatic heterocycles. The average molecular weight is 916 g/mol. The highest BCUT2D eigenvalue weighted by atomic mass is 16.7. The molecular weight excluding hydrogens is 815 g/mol. The van der Waals surface area contributed by atoms with E-state index in [0.29, 0.717) is 6.42 Å². The van der Waals surface area contributed by atoms with Crippen LogP contribution in [-0.4, -0.2) is 87.5 Å². The van der Waals surface area contributed by atoms with E-state index in [2.05, 4.69) is 67.8 Å². The van der Waals surface area contributed by atoms with Gasteiger partial charge in [0, 0.05) is 6.42 Å². The van der Waals surface area contributed by atoms with Crippen LogP contribution in [0.2, 0.25) is 0 Å². The summed E-state index contributed by atoms with van der Waals surface area (Å²) in [5, 5.41) is 54.4. The molecule has 0 bridgehead atoms. The van der Waals surface area contributed by atoms with Gasteiger partial charge in [-0.1, -0.05) is 229 Å². The zero-order chi connectivity index (χ0) is 47.3. The van der Waals surface area contributed by atoms with Crippen molar-refractivity contribution in [2.45, 2.75) is 275 Å². The van der Waals surface area contributed by atoms with E-state index in [0.717, 1.165) is 77.0 Å². The number of aliphatic hydroxyl groups excluding tert-OH is 5. The zero-order valence-electron chi connectivity index (χ0n) is 41.7. The second kappa shape index (κ2) is 45.7. The normalized spacial score (nSPS) is 20.4. The molecule has 378 valence electrons. The molecule has 0 aliphatic carbocycles. The molecule has 9 heteroatoms.